The number of hydroxylamine groups is 1. The molecule has 1 aromatic carbocycles. The molecule has 0 bridgehead atoms. The van der Waals surface area contributed by atoms with Crippen LogP contribution in [0.4, 0.5) is 15.8 Å². The molecule has 1 aromatic heterocycles. The van der Waals surface area contributed by atoms with E-state index in [1.54, 1.807) is 24.3 Å². The summed E-state index contributed by atoms with van der Waals surface area (Å²) >= 11 is 0. The smallest absolute Gasteiger partial charge is 0.296 e. The summed E-state index contributed by atoms with van der Waals surface area (Å²) in [6.07, 6.45) is 1.02. The maximum Gasteiger partial charge on any atom is 0.296 e. The third-order valence-electron chi connectivity index (χ3n) is 2.63. The first-order valence-electron chi connectivity index (χ1n) is 5.78. The average Bonchev–Trinajstić information content (AvgIpc) is 2.48. The van der Waals surface area contributed by atoms with Crippen LogP contribution < -0.4 is 16.5 Å². The molecule has 108 valence electrons. The van der Waals surface area contributed by atoms with E-state index < -0.39 is 23.3 Å². The Labute approximate surface area is 118 Å². The first kappa shape index (κ1) is 14.4. The first-order valence-corrected chi connectivity index (χ1v) is 5.78. The molecule has 0 saturated heterocycles. The van der Waals surface area contributed by atoms with Gasteiger partial charge in [-0.3, -0.25) is 14.8 Å². The normalized spacial score (nSPS) is 10.0. The molecule has 0 aliphatic carbocycles. The van der Waals surface area contributed by atoms with Crippen molar-refractivity contribution in [3.8, 4) is 0 Å². The van der Waals surface area contributed by atoms with Crippen LogP contribution >= 0.6 is 0 Å². The van der Waals surface area contributed by atoms with E-state index in [9.17, 15) is 14.0 Å². The lowest BCUT2D eigenvalue weighted by Gasteiger charge is -2.08. The third-order valence-corrected chi connectivity index (χ3v) is 2.63. The molecule has 0 radical (unpaired) electrons. The lowest BCUT2D eigenvalue weighted by atomic mass is 10.2. The van der Waals surface area contributed by atoms with Gasteiger partial charge in [-0.05, 0) is 18.2 Å². The van der Waals surface area contributed by atoms with Crippen LogP contribution in [0.2, 0.25) is 0 Å². The Morgan fingerprint density at radius 3 is 2.57 bits per heavy atom. The van der Waals surface area contributed by atoms with Crippen LogP contribution in [0, 0.1) is 5.82 Å². The highest BCUT2D eigenvalue weighted by Crippen LogP contribution is 2.18. The minimum absolute atomic E-state index is 0.0924. The quantitative estimate of drug-likeness (QED) is 0.384. The van der Waals surface area contributed by atoms with Crippen LogP contribution in [0.15, 0.2) is 36.5 Å². The van der Waals surface area contributed by atoms with E-state index in [1.165, 1.54) is 5.48 Å². The van der Waals surface area contributed by atoms with E-state index in [0.717, 1.165) is 12.3 Å². The van der Waals surface area contributed by atoms with Gasteiger partial charge in [0.2, 0.25) is 0 Å². The van der Waals surface area contributed by atoms with E-state index >= 15 is 0 Å². The molecule has 0 fully saturated rings. The summed E-state index contributed by atoms with van der Waals surface area (Å²) in [5.74, 6) is -2.77. The predicted molar refractivity (Wildman–Crippen MR) is 72.3 cm³/mol. The Morgan fingerprint density at radius 2 is 1.95 bits per heavy atom. The van der Waals surface area contributed by atoms with Crippen molar-refractivity contribution >= 4 is 23.2 Å². The third kappa shape index (κ3) is 3.12. The number of nitrogens with zero attached hydrogens (tertiary/aromatic N) is 1. The van der Waals surface area contributed by atoms with Crippen molar-refractivity contribution < 1.29 is 19.2 Å². The van der Waals surface area contributed by atoms with Gasteiger partial charge >= 0.3 is 0 Å². The van der Waals surface area contributed by atoms with Gasteiger partial charge < -0.3 is 11.1 Å². The standard InChI is InChI=1S/C13H11FN4O3/c14-8-5-7(6-16-11(8)13(20)18-21)12(19)17-10-4-2-1-3-9(10)15/h1-6,21H,15H2,(H,17,19)(H,18,20). The fourth-order valence-corrected chi connectivity index (χ4v) is 1.59. The summed E-state index contributed by atoms with van der Waals surface area (Å²) in [7, 11) is 0. The number of para-hydroxylation sites is 2. The van der Waals surface area contributed by atoms with Gasteiger partial charge in [0.1, 0.15) is 0 Å². The summed E-state index contributed by atoms with van der Waals surface area (Å²) in [6.45, 7) is 0. The van der Waals surface area contributed by atoms with E-state index in [-0.39, 0.29) is 5.56 Å². The lowest BCUT2D eigenvalue weighted by Crippen LogP contribution is -2.22. The summed E-state index contributed by atoms with van der Waals surface area (Å²) in [5, 5.41) is 10.9. The molecule has 2 aromatic rings. The highest BCUT2D eigenvalue weighted by Gasteiger charge is 2.16. The largest absolute Gasteiger partial charge is 0.397 e. The van der Waals surface area contributed by atoms with Gasteiger partial charge in [0.15, 0.2) is 11.5 Å². The van der Waals surface area contributed by atoms with Crippen molar-refractivity contribution in [1.82, 2.24) is 10.5 Å². The number of amides is 2. The summed E-state index contributed by atoms with van der Waals surface area (Å²) < 4.78 is 13.6. The van der Waals surface area contributed by atoms with Crippen LogP contribution in [-0.2, 0) is 0 Å². The second-order valence-corrected chi connectivity index (χ2v) is 4.04. The van der Waals surface area contributed by atoms with Crippen molar-refractivity contribution in [2.24, 2.45) is 0 Å². The van der Waals surface area contributed by atoms with Gasteiger partial charge in [-0.15, -0.1) is 0 Å². The van der Waals surface area contributed by atoms with Crippen LogP contribution in [0.1, 0.15) is 20.8 Å². The van der Waals surface area contributed by atoms with E-state index in [0.29, 0.717) is 11.4 Å². The van der Waals surface area contributed by atoms with E-state index in [1.807, 2.05) is 0 Å². The Bertz CT molecular complexity index is 706. The van der Waals surface area contributed by atoms with Gasteiger partial charge in [-0.2, -0.15) is 0 Å². The van der Waals surface area contributed by atoms with E-state index in [2.05, 4.69) is 10.3 Å². The van der Waals surface area contributed by atoms with E-state index in [4.69, 9.17) is 10.9 Å². The molecule has 0 spiro atoms. The van der Waals surface area contributed by atoms with Crippen molar-refractivity contribution in [2.45, 2.75) is 0 Å². The molecule has 0 saturated carbocycles. The molecule has 1 heterocycles. The Balaban J connectivity index is 2.23. The van der Waals surface area contributed by atoms with Crippen molar-refractivity contribution in [1.29, 1.82) is 0 Å². The van der Waals surface area contributed by atoms with Gasteiger partial charge in [-0.1, -0.05) is 12.1 Å². The van der Waals surface area contributed by atoms with Gasteiger partial charge in [0.25, 0.3) is 11.8 Å². The first-order chi connectivity index (χ1) is 10.0. The fraction of sp³-hybridized carbons (Fsp3) is 0. The molecule has 7 nitrogen and oxygen atoms in total. The minimum atomic E-state index is -1.10. The van der Waals surface area contributed by atoms with Crippen LogP contribution in [0.25, 0.3) is 0 Å². The number of anilines is 2. The zero-order chi connectivity index (χ0) is 15.4. The van der Waals surface area contributed by atoms with Crippen molar-refractivity contribution in [3.05, 3.63) is 53.6 Å². The molecule has 0 aliphatic heterocycles. The maximum absolute atomic E-state index is 13.6. The molecular formula is C13H11FN4O3. The molecule has 21 heavy (non-hydrogen) atoms. The maximum atomic E-state index is 13.6. The molecule has 8 heteroatoms. The lowest BCUT2D eigenvalue weighted by molar-refractivity contribution is 0.0695. The van der Waals surface area contributed by atoms with Crippen molar-refractivity contribution in [2.75, 3.05) is 11.1 Å². The Kier molecular flexibility index (Phi) is 4.10. The molecular weight excluding hydrogens is 279 g/mol. The van der Waals surface area contributed by atoms with Gasteiger partial charge in [0.05, 0.1) is 16.9 Å². The number of carbonyl (C=O) groups is 2. The second kappa shape index (κ2) is 5.97. The zero-order valence-electron chi connectivity index (χ0n) is 10.6. The van der Waals surface area contributed by atoms with Crippen molar-refractivity contribution in [3.63, 3.8) is 0 Å². The number of hydrogen-bond donors (Lipinski definition) is 4. The number of carbonyl (C=O) groups excluding carboxylic acids is 2. The zero-order valence-corrected chi connectivity index (χ0v) is 10.6. The molecule has 0 atom stereocenters. The van der Waals surface area contributed by atoms with Gasteiger partial charge in [-0.25, -0.2) is 14.9 Å². The number of nitrogens with two attached hydrogens (primary N) is 1. The molecule has 5 N–H and O–H groups in total. The number of benzene rings is 1. The van der Waals surface area contributed by atoms with Gasteiger partial charge in [0, 0.05) is 6.20 Å². The number of pyridine rings is 1. The highest BCUT2D eigenvalue weighted by molar-refractivity contribution is 6.05. The molecule has 2 rings (SSSR count). The molecule has 0 unspecified atom stereocenters. The number of halogens is 1. The fourth-order valence-electron chi connectivity index (χ4n) is 1.59. The molecule has 0 aliphatic rings. The topological polar surface area (TPSA) is 117 Å². The van der Waals surface area contributed by atoms with Crippen LogP contribution in [0.3, 0.4) is 0 Å². The summed E-state index contributed by atoms with van der Waals surface area (Å²) in [6, 6.07) is 7.41. The Hall–Kier alpha value is -3.00. The monoisotopic (exact) mass is 290 g/mol. The minimum Gasteiger partial charge on any atom is -0.397 e. The summed E-state index contributed by atoms with van der Waals surface area (Å²) in [4.78, 5) is 26.5. The second-order valence-electron chi connectivity index (χ2n) is 4.04. The number of aromatic nitrogens is 1. The number of rotatable bonds is 3. The number of nitrogen functional groups attached to an aromatic ring is 1. The van der Waals surface area contributed by atoms with Crippen LogP contribution in [0.5, 0.6) is 0 Å². The SMILES string of the molecule is Nc1ccccc1NC(=O)c1cnc(C(=O)NO)c(F)c1. The number of hydrogen-bond acceptors (Lipinski definition) is 5. The Morgan fingerprint density at radius 1 is 1.24 bits per heavy atom. The highest BCUT2D eigenvalue weighted by atomic mass is 19.1. The predicted octanol–water partition coefficient (Wildman–Crippen LogP) is 1.17. The van der Waals surface area contributed by atoms with Crippen LogP contribution in [-0.4, -0.2) is 22.0 Å². The summed E-state index contributed by atoms with van der Waals surface area (Å²) in [5.41, 5.74) is 6.96. The average molecular weight is 290 g/mol. The number of nitrogens with one attached hydrogen (secondary N) is 2. The molecule has 2 amide bonds.